The van der Waals surface area contributed by atoms with Gasteiger partial charge < -0.3 is 9.84 Å². The van der Waals surface area contributed by atoms with E-state index in [2.05, 4.69) is 0 Å². The molecular formula is C13H22O4. The van der Waals surface area contributed by atoms with Gasteiger partial charge in [0.15, 0.2) is 0 Å². The standard InChI is InChI=1S/C13H22O4/c1-9(14)12(13(15)16)11(17-2)8-10-6-4-3-5-7-10/h10-12H,3-8H2,1-2H3,(H,15,16). The molecule has 0 heterocycles. The van der Waals surface area contributed by atoms with Gasteiger partial charge in [0.25, 0.3) is 0 Å². The molecule has 1 N–H and O–H groups in total. The van der Waals surface area contributed by atoms with Crippen LogP contribution in [0.5, 0.6) is 0 Å². The quantitative estimate of drug-likeness (QED) is 0.726. The highest BCUT2D eigenvalue weighted by atomic mass is 16.5. The molecule has 0 amide bonds. The fraction of sp³-hybridized carbons (Fsp3) is 0.846. The van der Waals surface area contributed by atoms with Gasteiger partial charge in [0.1, 0.15) is 11.7 Å². The number of carboxylic acid groups (broad SMARTS) is 1. The van der Waals surface area contributed by atoms with Crippen LogP contribution in [0.25, 0.3) is 0 Å². The summed E-state index contributed by atoms with van der Waals surface area (Å²) in [5.74, 6) is -1.89. The zero-order chi connectivity index (χ0) is 12.8. The molecule has 4 nitrogen and oxygen atoms in total. The summed E-state index contributed by atoms with van der Waals surface area (Å²) < 4.78 is 5.24. The topological polar surface area (TPSA) is 63.6 Å². The first kappa shape index (κ1) is 14.2. The zero-order valence-corrected chi connectivity index (χ0v) is 10.6. The van der Waals surface area contributed by atoms with Crippen LogP contribution < -0.4 is 0 Å². The van der Waals surface area contributed by atoms with Crippen molar-refractivity contribution in [1.82, 2.24) is 0 Å². The summed E-state index contributed by atoms with van der Waals surface area (Å²) in [6, 6.07) is 0. The second-order valence-corrected chi connectivity index (χ2v) is 4.94. The summed E-state index contributed by atoms with van der Waals surface area (Å²) in [7, 11) is 1.49. The first-order valence-corrected chi connectivity index (χ1v) is 6.32. The average Bonchev–Trinajstić information content (AvgIpc) is 2.28. The molecular weight excluding hydrogens is 220 g/mol. The molecule has 0 spiro atoms. The number of rotatable bonds is 6. The smallest absolute Gasteiger partial charge is 0.316 e. The SMILES string of the molecule is COC(CC1CCCCC1)C(C(C)=O)C(=O)O. The van der Waals surface area contributed by atoms with Gasteiger partial charge in [-0.15, -0.1) is 0 Å². The lowest BCUT2D eigenvalue weighted by Crippen LogP contribution is -2.36. The van der Waals surface area contributed by atoms with Crippen LogP contribution in [0.1, 0.15) is 45.4 Å². The van der Waals surface area contributed by atoms with E-state index in [4.69, 9.17) is 9.84 Å². The third-order valence-corrected chi connectivity index (χ3v) is 3.67. The van der Waals surface area contributed by atoms with Crippen LogP contribution in [0.15, 0.2) is 0 Å². The second-order valence-electron chi connectivity index (χ2n) is 4.94. The number of carbonyl (C=O) groups is 2. The zero-order valence-electron chi connectivity index (χ0n) is 10.6. The molecule has 1 fully saturated rings. The molecule has 0 aromatic carbocycles. The van der Waals surface area contributed by atoms with Crippen LogP contribution in [-0.4, -0.2) is 30.1 Å². The molecule has 0 aromatic rings. The lowest BCUT2D eigenvalue weighted by molar-refractivity contribution is -0.152. The summed E-state index contributed by atoms with van der Waals surface area (Å²) in [4.78, 5) is 22.4. The molecule has 0 aromatic heterocycles. The summed E-state index contributed by atoms with van der Waals surface area (Å²) in [5.41, 5.74) is 0. The Balaban J connectivity index is 2.61. The van der Waals surface area contributed by atoms with Crippen LogP contribution in [0.4, 0.5) is 0 Å². The number of Topliss-reactive ketones (excluding diaryl/α,β-unsaturated/α-hetero) is 1. The third kappa shape index (κ3) is 4.11. The Bertz CT molecular complexity index is 255. The Morgan fingerprint density at radius 1 is 1.29 bits per heavy atom. The number of ether oxygens (including phenoxy) is 1. The van der Waals surface area contributed by atoms with Gasteiger partial charge in [0.2, 0.25) is 0 Å². The van der Waals surface area contributed by atoms with Gasteiger partial charge in [0.05, 0.1) is 6.10 Å². The van der Waals surface area contributed by atoms with Crippen LogP contribution in [-0.2, 0) is 14.3 Å². The molecule has 0 aliphatic heterocycles. The number of ketones is 1. The first-order chi connectivity index (χ1) is 8.06. The largest absolute Gasteiger partial charge is 0.481 e. The number of carboxylic acids is 1. The molecule has 4 heteroatoms. The van der Waals surface area contributed by atoms with Crippen molar-refractivity contribution in [1.29, 1.82) is 0 Å². The van der Waals surface area contributed by atoms with Gasteiger partial charge in [-0.3, -0.25) is 9.59 Å². The maximum Gasteiger partial charge on any atom is 0.316 e. The molecule has 0 radical (unpaired) electrons. The van der Waals surface area contributed by atoms with Crippen molar-refractivity contribution in [2.45, 2.75) is 51.6 Å². The molecule has 0 saturated heterocycles. The molecule has 1 aliphatic carbocycles. The van der Waals surface area contributed by atoms with Gasteiger partial charge in [-0.25, -0.2) is 0 Å². The lowest BCUT2D eigenvalue weighted by atomic mass is 9.82. The Morgan fingerprint density at radius 3 is 2.29 bits per heavy atom. The summed E-state index contributed by atoms with van der Waals surface area (Å²) >= 11 is 0. The number of hydrogen-bond acceptors (Lipinski definition) is 3. The number of aliphatic carboxylic acids is 1. The molecule has 2 atom stereocenters. The molecule has 0 bridgehead atoms. The van der Waals surface area contributed by atoms with E-state index in [1.807, 2.05) is 0 Å². The van der Waals surface area contributed by atoms with Crippen LogP contribution in [0, 0.1) is 11.8 Å². The predicted molar refractivity (Wildman–Crippen MR) is 63.8 cm³/mol. The molecule has 98 valence electrons. The van der Waals surface area contributed by atoms with E-state index in [1.54, 1.807) is 0 Å². The van der Waals surface area contributed by atoms with E-state index in [0.717, 1.165) is 12.8 Å². The van der Waals surface area contributed by atoms with Crippen molar-refractivity contribution in [3.05, 3.63) is 0 Å². The molecule has 2 unspecified atom stereocenters. The number of methoxy groups -OCH3 is 1. The summed E-state index contributed by atoms with van der Waals surface area (Å²) in [6.07, 6.45) is 6.15. The highest BCUT2D eigenvalue weighted by molar-refractivity contribution is 5.97. The van der Waals surface area contributed by atoms with Gasteiger partial charge in [-0.2, -0.15) is 0 Å². The van der Waals surface area contributed by atoms with Crippen LogP contribution in [0.3, 0.4) is 0 Å². The van der Waals surface area contributed by atoms with E-state index >= 15 is 0 Å². The van der Waals surface area contributed by atoms with E-state index in [-0.39, 0.29) is 5.78 Å². The maximum absolute atomic E-state index is 11.4. The van der Waals surface area contributed by atoms with Crippen molar-refractivity contribution in [2.75, 3.05) is 7.11 Å². The number of carbonyl (C=O) groups excluding carboxylic acids is 1. The van der Waals surface area contributed by atoms with E-state index in [1.165, 1.54) is 33.3 Å². The van der Waals surface area contributed by atoms with Crippen LogP contribution in [0.2, 0.25) is 0 Å². The van der Waals surface area contributed by atoms with Crippen molar-refractivity contribution < 1.29 is 19.4 Å². The fourth-order valence-corrected chi connectivity index (χ4v) is 2.71. The van der Waals surface area contributed by atoms with Crippen molar-refractivity contribution in [2.24, 2.45) is 11.8 Å². The third-order valence-electron chi connectivity index (χ3n) is 3.67. The monoisotopic (exact) mass is 242 g/mol. The Labute approximate surface area is 102 Å². The Morgan fingerprint density at radius 2 is 1.88 bits per heavy atom. The first-order valence-electron chi connectivity index (χ1n) is 6.32. The minimum atomic E-state index is -1.07. The molecule has 1 saturated carbocycles. The number of hydrogen-bond donors (Lipinski definition) is 1. The Hall–Kier alpha value is -0.900. The van der Waals surface area contributed by atoms with E-state index in [0.29, 0.717) is 12.3 Å². The van der Waals surface area contributed by atoms with Crippen LogP contribution >= 0.6 is 0 Å². The van der Waals surface area contributed by atoms with E-state index in [9.17, 15) is 9.59 Å². The van der Waals surface area contributed by atoms with Gasteiger partial charge in [-0.05, 0) is 19.3 Å². The van der Waals surface area contributed by atoms with Gasteiger partial charge >= 0.3 is 5.97 Å². The minimum absolute atomic E-state index is 0.319. The molecule has 1 rings (SSSR count). The highest BCUT2D eigenvalue weighted by Crippen LogP contribution is 2.30. The van der Waals surface area contributed by atoms with Crippen molar-refractivity contribution >= 4 is 11.8 Å². The highest BCUT2D eigenvalue weighted by Gasteiger charge is 2.34. The van der Waals surface area contributed by atoms with E-state index < -0.39 is 18.0 Å². The second kappa shape index (κ2) is 6.74. The lowest BCUT2D eigenvalue weighted by Gasteiger charge is -2.28. The maximum atomic E-state index is 11.4. The summed E-state index contributed by atoms with van der Waals surface area (Å²) in [6.45, 7) is 1.33. The average molecular weight is 242 g/mol. The summed E-state index contributed by atoms with van der Waals surface area (Å²) in [5, 5.41) is 9.07. The van der Waals surface area contributed by atoms with Gasteiger partial charge in [-0.1, -0.05) is 32.1 Å². The predicted octanol–water partition coefficient (Wildman–Crippen LogP) is 2.26. The Kier molecular flexibility index (Phi) is 5.62. The van der Waals surface area contributed by atoms with Crippen molar-refractivity contribution in [3.8, 4) is 0 Å². The fourth-order valence-electron chi connectivity index (χ4n) is 2.71. The molecule has 17 heavy (non-hydrogen) atoms. The normalized spacial score (nSPS) is 20.8. The minimum Gasteiger partial charge on any atom is -0.481 e. The van der Waals surface area contributed by atoms with Gasteiger partial charge in [0, 0.05) is 7.11 Å². The molecule has 1 aliphatic rings. The van der Waals surface area contributed by atoms with Crippen molar-refractivity contribution in [3.63, 3.8) is 0 Å².